The number of amides is 1. The number of nitrogens with zero attached hydrogens (tertiary/aromatic N) is 2. The Balaban J connectivity index is 1.74. The van der Waals surface area contributed by atoms with Gasteiger partial charge in [-0.15, -0.1) is 11.3 Å². The van der Waals surface area contributed by atoms with Crippen LogP contribution in [-0.2, 0) is 22.5 Å². The van der Waals surface area contributed by atoms with E-state index in [9.17, 15) is 14.4 Å². The first-order valence-electron chi connectivity index (χ1n) is 9.39. The Morgan fingerprint density at radius 1 is 1.24 bits per heavy atom. The molecule has 7 nitrogen and oxygen atoms in total. The van der Waals surface area contributed by atoms with Gasteiger partial charge in [-0.05, 0) is 57.5 Å². The van der Waals surface area contributed by atoms with Crippen molar-refractivity contribution >= 4 is 39.1 Å². The first-order chi connectivity index (χ1) is 13.8. The van der Waals surface area contributed by atoms with Gasteiger partial charge in [0.25, 0.3) is 5.56 Å². The summed E-state index contributed by atoms with van der Waals surface area (Å²) in [7, 11) is 0. The zero-order chi connectivity index (χ0) is 21.1. The highest BCUT2D eigenvalue weighted by Gasteiger charge is 2.14. The number of fused-ring (bicyclic) bond motifs is 1. The number of hydrogen-bond acceptors (Lipinski definition) is 6. The van der Waals surface area contributed by atoms with E-state index < -0.39 is 5.97 Å². The number of benzene rings is 1. The molecule has 1 amide bonds. The van der Waals surface area contributed by atoms with Gasteiger partial charge >= 0.3 is 5.97 Å². The van der Waals surface area contributed by atoms with Gasteiger partial charge in [-0.1, -0.05) is 6.92 Å². The van der Waals surface area contributed by atoms with Crippen molar-refractivity contribution in [3.05, 3.63) is 57.0 Å². The molecular weight excluding hydrogens is 390 g/mol. The third kappa shape index (κ3) is 4.71. The van der Waals surface area contributed by atoms with E-state index in [0.717, 1.165) is 11.3 Å². The molecule has 2 heterocycles. The van der Waals surface area contributed by atoms with E-state index in [1.54, 1.807) is 45.0 Å². The van der Waals surface area contributed by atoms with Crippen LogP contribution in [0.3, 0.4) is 0 Å². The van der Waals surface area contributed by atoms with E-state index in [-0.39, 0.29) is 24.1 Å². The predicted molar refractivity (Wildman–Crippen MR) is 114 cm³/mol. The van der Waals surface area contributed by atoms with Crippen LogP contribution in [0.5, 0.6) is 0 Å². The molecule has 1 N–H and O–H groups in total. The number of hydrogen-bond donors (Lipinski definition) is 1. The number of carbonyl (C=O) groups excluding carboxylic acids is 2. The molecule has 29 heavy (non-hydrogen) atoms. The topological polar surface area (TPSA) is 90.3 Å². The summed E-state index contributed by atoms with van der Waals surface area (Å²) in [5, 5.41) is 3.28. The quantitative estimate of drug-likeness (QED) is 0.625. The summed E-state index contributed by atoms with van der Waals surface area (Å²) in [6.45, 7) is 7.16. The largest absolute Gasteiger partial charge is 0.459 e. The highest BCUT2D eigenvalue weighted by Crippen LogP contribution is 2.22. The van der Waals surface area contributed by atoms with E-state index in [1.807, 2.05) is 13.0 Å². The van der Waals surface area contributed by atoms with Crippen LogP contribution in [0.1, 0.15) is 41.8 Å². The van der Waals surface area contributed by atoms with Crippen molar-refractivity contribution < 1.29 is 14.3 Å². The molecule has 0 atom stereocenters. The second-order valence-electron chi connectivity index (χ2n) is 6.91. The fourth-order valence-corrected chi connectivity index (χ4v) is 3.85. The second-order valence-corrected chi connectivity index (χ2v) is 8.03. The van der Waals surface area contributed by atoms with Gasteiger partial charge in [-0.25, -0.2) is 9.78 Å². The van der Waals surface area contributed by atoms with E-state index >= 15 is 0 Å². The number of aryl methyl sites for hydroxylation is 2. The molecule has 0 fully saturated rings. The minimum Gasteiger partial charge on any atom is -0.459 e. The average Bonchev–Trinajstić information content (AvgIpc) is 3.08. The zero-order valence-electron chi connectivity index (χ0n) is 16.8. The molecule has 0 saturated carbocycles. The number of ether oxygens (including phenoxy) is 1. The first-order valence-corrected chi connectivity index (χ1v) is 10.2. The van der Waals surface area contributed by atoms with Crippen molar-refractivity contribution in [2.45, 2.75) is 46.8 Å². The lowest BCUT2D eigenvalue weighted by atomic mass is 10.2. The minimum atomic E-state index is -0.415. The predicted octanol–water partition coefficient (Wildman–Crippen LogP) is 3.53. The summed E-state index contributed by atoms with van der Waals surface area (Å²) in [6.07, 6.45) is 0.631. The van der Waals surface area contributed by atoms with Crippen molar-refractivity contribution in [2.75, 3.05) is 5.32 Å². The van der Waals surface area contributed by atoms with Gasteiger partial charge in [0.05, 0.1) is 17.1 Å². The number of anilines is 1. The molecule has 3 rings (SSSR count). The van der Waals surface area contributed by atoms with Crippen molar-refractivity contribution in [1.82, 2.24) is 9.55 Å². The number of nitrogens with one attached hydrogen (secondary N) is 1. The van der Waals surface area contributed by atoms with Gasteiger partial charge in [0.2, 0.25) is 5.91 Å². The van der Waals surface area contributed by atoms with Crippen LogP contribution in [0, 0.1) is 6.92 Å². The molecule has 8 heteroatoms. The standard InChI is InChI=1S/C21H23N3O4S/c1-5-16-10-17-19(29-16)22-13(4)24(20(17)26)11-18(25)23-15-8-6-14(7-9-15)21(27)28-12(2)3/h6-10,12H,5,11H2,1-4H3,(H,23,25). The van der Waals surface area contributed by atoms with Gasteiger partial charge in [0.1, 0.15) is 17.2 Å². The van der Waals surface area contributed by atoms with Gasteiger partial charge in [0.15, 0.2) is 0 Å². The lowest BCUT2D eigenvalue weighted by Crippen LogP contribution is -2.29. The van der Waals surface area contributed by atoms with Crippen LogP contribution in [0.25, 0.3) is 10.2 Å². The summed E-state index contributed by atoms with van der Waals surface area (Å²) >= 11 is 1.50. The maximum Gasteiger partial charge on any atom is 0.338 e. The summed E-state index contributed by atoms with van der Waals surface area (Å²) < 4.78 is 6.51. The molecule has 0 spiro atoms. The Hall–Kier alpha value is -3.00. The van der Waals surface area contributed by atoms with E-state index in [1.165, 1.54) is 15.9 Å². The Kier molecular flexibility index (Phi) is 6.12. The van der Waals surface area contributed by atoms with Gasteiger partial charge in [-0.3, -0.25) is 14.2 Å². The smallest absolute Gasteiger partial charge is 0.338 e. The lowest BCUT2D eigenvalue weighted by molar-refractivity contribution is -0.116. The third-order valence-electron chi connectivity index (χ3n) is 4.29. The number of esters is 1. The molecule has 0 bridgehead atoms. The maximum absolute atomic E-state index is 12.8. The molecule has 0 radical (unpaired) electrons. The van der Waals surface area contributed by atoms with Crippen molar-refractivity contribution in [2.24, 2.45) is 0 Å². The van der Waals surface area contributed by atoms with Gasteiger partial charge in [-0.2, -0.15) is 0 Å². The van der Waals surface area contributed by atoms with Crippen molar-refractivity contribution in [3.8, 4) is 0 Å². The average molecular weight is 413 g/mol. The van der Waals surface area contributed by atoms with Crippen molar-refractivity contribution in [3.63, 3.8) is 0 Å². The highest BCUT2D eigenvalue weighted by atomic mass is 32.1. The molecule has 2 aromatic heterocycles. The Labute approximate surface area is 172 Å². The SMILES string of the molecule is CCc1cc2c(=O)n(CC(=O)Nc3ccc(C(=O)OC(C)C)cc3)c(C)nc2s1. The number of carbonyl (C=O) groups is 2. The van der Waals surface area contributed by atoms with Gasteiger partial charge in [0, 0.05) is 10.6 Å². The second kappa shape index (κ2) is 8.57. The Morgan fingerprint density at radius 3 is 2.55 bits per heavy atom. The molecule has 0 aliphatic heterocycles. The number of aromatic nitrogens is 2. The zero-order valence-corrected chi connectivity index (χ0v) is 17.6. The summed E-state index contributed by atoms with van der Waals surface area (Å²) in [6, 6.07) is 8.26. The third-order valence-corrected chi connectivity index (χ3v) is 5.46. The molecule has 0 unspecified atom stereocenters. The lowest BCUT2D eigenvalue weighted by Gasteiger charge is -2.11. The maximum atomic E-state index is 12.8. The van der Waals surface area contributed by atoms with Crippen LogP contribution >= 0.6 is 11.3 Å². The fourth-order valence-electron chi connectivity index (χ4n) is 2.84. The molecular formula is C21H23N3O4S. The summed E-state index contributed by atoms with van der Waals surface area (Å²) in [4.78, 5) is 43.4. The summed E-state index contributed by atoms with van der Waals surface area (Å²) in [5.41, 5.74) is 0.715. The molecule has 0 aliphatic carbocycles. The van der Waals surface area contributed by atoms with Crippen LogP contribution in [0.15, 0.2) is 35.1 Å². The van der Waals surface area contributed by atoms with E-state index in [2.05, 4.69) is 10.3 Å². The number of thiophene rings is 1. The van der Waals surface area contributed by atoms with Crippen LogP contribution in [0.4, 0.5) is 5.69 Å². The monoisotopic (exact) mass is 413 g/mol. The van der Waals surface area contributed by atoms with Crippen molar-refractivity contribution in [1.29, 1.82) is 0 Å². The van der Waals surface area contributed by atoms with E-state index in [0.29, 0.717) is 27.3 Å². The first kappa shape index (κ1) is 20.7. The van der Waals surface area contributed by atoms with Gasteiger partial charge < -0.3 is 10.1 Å². The van der Waals surface area contributed by atoms with Crippen LogP contribution < -0.4 is 10.9 Å². The Morgan fingerprint density at radius 2 is 1.93 bits per heavy atom. The fraction of sp³-hybridized carbons (Fsp3) is 0.333. The molecule has 3 aromatic rings. The highest BCUT2D eigenvalue weighted by molar-refractivity contribution is 7.18. The minimum absolute atomic E-state index is 0.137. The molecule has 0 aliphatic rings. The number of rotatable bonds is 6. The van der Waals surface area contributed by atoms with E-state index in [4.69, 9.17) is 4.74 Å². The molecule has 152 valence electrons. The van der Waals surface area contributed by atoms with Crippen LogP contribution in [0.2, 0.25) is 0 Å². The summed E-state index contributed by atoms with van der Waals surface area (Å²) in [5.74, 6) is -0.268. The van der Waals surface area contributed by atoms with Crippen LogP contribution in [-0.4, -0.2) is 27.5 Å². The molecule has 1 aromatic carbocycles. The molecule has 0 saturated heterocycles. The normalized spacial score (nSPS) is 11.1. The Bertz CT molecular complexity index is 1110.